The van der Waals surface area contributed by atoms with Gasteiger partial charge in [0, 0.05) is 26.7 Å². The minimum absolute atomic E-state index is 0.0285. The molecule has 1 aliphatic rings. The normalized spacial score (nSPS) is 15.3. The lowest BCUT2D eigenvalue weighted by molar-refractivity contribution is -0.138. The first-order valence-corrected chi connectivity index (χ1v) is 9.32. The van der Waals surface area contributed by atoms with Gasteiger partial charge < -0.3 is 20.7 Å². The van der Waals surface area contributed by atoms with Crippen molar-refractivity contribution in [3.8, 4) is 5.75 Å². The molecule has 2 rings (SSSR count). The number of hydrogen-bond acceptors (Lipinski definition) is 4. The first-order chi connectivity index (χ1) is 13.9. The van der Waals surface area contributed by atoms with E-state index in [4.69, 9.17) is 4.74 Å². The zero-order valence-electron chi connectivity index (χ0n) is 17.3. The third-order valence-electron chi connectivity index (χ3n) is 4.05. The summed E-state index contributed by atoms with van der Waals surface area (Å²) in [6.07, 6.45) is -4.55. The molecule has 1 fully saturated rings. The highest BCUT2D eigenvalue weighted by Crippen LogP contribution is 2.35. The van der Waals surface area contributed by atoms with Gasteiger partial charge in [-0.25, -0.2) is 4.79 Å². The van der Waals surface area contributed by atoms with Crippen LogP contribution in [0.4, 0.5) is 18.0 Å². The summed E-state index contributed by atoms with van der Waals surface area (Å²) in [5.74, 6) is 0.0389. The molecule has 0 spiro atoms. The second-order valence-electron chi connectivity index (χ2n) is 7.59. The zero-order valence-corrected chi connectivity index (χ0v) is 17.3. The van der Waals surface area contributed by atoms with E-state index in [0.717, 1.165) is 11.0 Å². The summed E-state index contributed by atoms with van der Waals surface area (Å²) < 4.78 is 46.1. The summed E-state index contributed by atoms with van der Waals surface area (Å²) in [7, 11) is 1.47. The smallest absolute Gasteiger partial charge is 0.416 e. The maximum atomic E-state index is 13.5. The highest BCUT2D eigenvalue weighted by Gasteiger charge is 2.34. The predicted octanol–water partition coefficient (Wildman–Crippen LogP) is 2.10. The van der Waals surface area contributed by atoms with Crippen molar-refractivity contribution in [1.82, 2.24) is 20.9 Å². The molecule has 8 nitrogen and oxygen atoms in total. The Kier molecular flexibility index (Phi) is 7.16. The van der Waals surface area contributed by atoms with Crippen LogP contribution < -0.4 is 20.7 Å². The van der Waals surface area contributed by atoms with Gasteiger partial charge in [0.2, 0.25) is 5.91 Å². The molecule has 3 amide bonds. The average molecular weight is 429 g/mol. The van der Waals surface area contributed by atoms with Gasteiger partial charge in [-0.15, -0.1) is 0 Å². The molecular weight excluding hydrogens is 403 g/mol. The minimum Gasteiger partial charge on any atom is -0.488 e. The van der Waals surface area contributed by atoms with Gasteiger partial charge in [-0.1, -0.05) is 6.07 Å². The Morgan fingerprint density at radius 1 is 1.23 bits per heavy atom. The van der Waals surface area contributed by atoms with Gasteiger partial charge in [0.1, 0.15) is 11.4 Å². The van der Waals surface area contributed by atoms with E-state index < -0.39 is 23.4 Å². The first-order valence-electron chi connectivity index (χ1n) is 9.32. The maximum Gasteiger partial charge on any atom is 0.416 e. The van der Waals surface area contributed by atoms with Gasteiger partial charge in [-0.05, 0) is 38.5 Å². The summed E-state index contributed by atoms with van der Waals surface area (Å²) >= 11 is 0. The van der Waals surface area contributed by atoms with Crippen molar-refractivity contribution in [3.63, 3.8) is 0 Å². The first kappa shape index (κ1) is 23.3. The monoisotopic (exact) mass is 429 g/mol. The lowest BCUT2D eigenvalue weighted by Gasteiger charge is -2.23. The van der Waals surface area contributed by atoms with Crippen molar-refractivity contribution in [2.45, 2.75) is 39.1 Å². The summed E-state index contributed by atoms with van der Waals surface area (Å²) in [5.41, 5.74) is -1.39. The van der Waals surface area contributed by atoms with Crippen molar-refractivity contribution in [2.24, 2.45) is 4.99 Å². The molecule has 166 valence electrons. The number of carbonyl (C=O) groups is 2. The van der Waals surface area contributed by atoms with Crippen LogP contribution in [0, 0.1) is 0 Å². The van der Waals surface area contributed by atoms with Crippen molar-refractivity contribution < 1.29 is 27.5 Å². The van der Waals surface area contributed by atoms with Crippen LogP contribution in [0.2, 0.25) is 0 Å². The topological polar surface area (TPSA) is 95.1 Å². The Bertz CT molecular complexity index is 803. The van der Waals surface area contributed by atoms with Gasteiger partial charge in [-0.3, -0.25) is 14.7 Å². The number of hydrogen-bond donors (Lipinski definition) is 3. The van der Waals surface area contributed by atoms with Gasteiger partial charge >= 0.3 is 12.2 Å². The Morgan fingerprint density at radius 3 is 2.47 bits per heavy atom. The number of carbonyl (C=O) groups excluding carboxylic acids is 2. The number of halogens is 3. The molecule has 30 heavy (non-hydrogen) atoms. The molecule has 0 radical (unpaired) electrons. The fraction of sp³-hybridized carbons (Fsp3) is 0.526. The molecule has 0 atom stereocenters. The van der Waals surface area contributed by atoms with Crippen LogP contribution in [0.3, 0.4) is 0 Å². The zero-order chi connectivity index (χ0) is 22.5. The number of ether oxygens (including phenoxy) is 1. The quantitative estimate of drug-likeness (QED) is 0.366. The summed E-state index contributed by atoms with van der Waals surface area (Å²) in [6.45, 7) is 5.40. The Morgan fingerprint density at radius 2 is 1.93 bits per heavy atom. The van der Waals surface area contributed by atoms with E-state index >= 15 is 0 Å². The second-order valence-corrected chi connectivity index (χ2v) is 7.59. The van der Waals surface area contributed by atoms with Crippen molar-refractivity contribution in [3.05, 3.63) is 29.3 Å². The average Bonchev–Trinajstić information content (AvgIpc) is 2.95. The van der Waals surface area contributed by atoms with Crippen LogP contribution in [0.25, 0.3) is 0 Å². The number of rotatable bonds is 6. The van der Waals surface area contributed by atoms with Crippen molar-refractivity contribution in [1.29, 1.82) is 0 Å². The van der Waals surface area contributed by atoms with Gasteiger partial charge in [-0.2, -0.15) is 13.2 Å². The second kappa shape index (κ2) is 9.23. The largest absolute Gasteiger partial charge is 0.488 e. The van der Waals surface area contributed by atoms with E-state index in [9.17, 15) is 22.8 Å². The lowest BCUT2D eigenvalue weighted by Crippen LogP contribution is -2.43. The highest BCUT2D eigenvalue weighted by molar-refractivity contribution is 6.01. The Labute approximate surface area is 172 Å². The Balaban J connectivity index is 2.00. The van der Waals surface area contributed by atoms with Crippen LogP contribution >= 0.6 is 0 Å². The lowest BCUT2D eigenvalue weighted by atomic mass is 10.1. The van der Waals surface area contributed by atoms with Crippen molar-refractivity contribution in [2.75, 3.05) is 26.7 Å². The fourth-order valence-electron chi connectivity index (χ4n) is 2.76. The van der Waals surface area contributed by atoms with Gasteiger partial charge in [0.15, 0.2) is 5.96 Å². The van der Waals surface area contributed by atoms with E-state index in [1.807, 2.05) is 0 Å². The SMILES string of the molecule is CN=C(NCCN1C(=O)CNC1=O)NCc1ccc(OC(C)(C)C)cc1C(F)(F)F. The molecule has 0 aliphatic carbocycles. The van der Waals surface area contributed by atoms with E-state index in [1.165, 1.54) is 19.2 Å². The number of urea groups is 1. The number of amides is 3. The fourth-order valence-corrected chi connectivity index (χ4v) is 2.76. The van der Waals surface area contributed by atoms with E-state index in [-0.39, 0.29) is 49.4 Å². The number of nitrogens with one attached hydrogen (secondary N) is 3. The number of aliphatic imine (C=N–C) groups is 1. The number of nitrogens with zero attached hydrogens (tertiary/aromatic N) is 2. The number of guanidine groups is 1. The third-order valence-corrected chi connectivity index (χ3v) is 4.05. The molecule has 1 heterocycles. The molecule has 11 heteroatoms. The standard InChI is InChI=1S/C19H26F3N5O3/c1-18(2,3)30-13-6-5-12(14(9-13)19(20,21)22)10-25-16(23-4)24-7-8-27-15(28)11-26-17(27)29/h5-6,9H,7-8,10-11H2,1-4H3,(H,26,29)(H2,23,24,25). The Hall–Kier alpha value is -2.98. The van der Waals surface area contributed by atoms with Crippen LogP contribution in [0.15, 0.2) is 23.2 Å². The minimum atomic E-state index is -4.55. The predicted molar refractivity (Wildman–Crippen MR) is 105 cm³/mol. The van der Waals surface area contributed by atoms with E-state index in [2.05, 4.69) is 20.9 Å². The molecule has 3 N–H and O–H groups in total. The summed E-state index contributed by atoms with van der Waals surface area (Å²) in [5, 5.41) is 8.08. The molecular formula is C19H26F3N5O3. The number of benzene rings is 1. The maximum absolute atomic E-state index is 13.5. The van der Waals surface area contributed by atoms with E-state index in [1.54, 1.807) is 20.8 Å². The third kappa shape index (κ3) is 6.53. The molecule has 0 aromatic heterocycles. The van der Waals surface area contributed by atoms with Crippen LogP contribution in [-0.4, -0.2) is 55.1 Å². The summed E-state index contributed by atoms with van der Waals surface area (Å²) in [4.78, 5) is 28.0. The van der Waals surface area contributed by atoms with Crippen LogP contribution in [0.1, 0.15) is 31.9 Å². The molecule has 1 aromatic rings. The van der Waals surface area contributed by atoms with E-state index in [0.29, 0.717) is 0 Å². The molecule has 0 unspecified atom stereocenters. The van der Waals surface area contributed by atoms with Gasteiger partial charge in [0.05, 0.1) is 12.1 Å². The van der Waals surface area contributed by atoms with Crippen molar-refractivity contribution >= 4 is 17.9 Å². The molecule has 1 aliphatic heterocycles. The molecule has 0 bridgehead atoms. The van der Waals surface area contributed by atoms with Crippen LogP contribution in [0.5, 0.6) is 5.75 Å². The molecule has 1 saturated heterocycles. The molecule has 0 saturated carbocycles. The number of imide groups is 1. The summed E-state index contributed by atoms with van der Waals surface area (Å²) in [6, 6.07) is 3.36. The number of alkyl halides is 3. The van der Waals surface area contributed by atoms with Crippen LogP contribution in [-0.2, 0) is 17.5 Å². The highest BCUT2D eigenvalue weighted by atomic mass is 19.4. The molecule has 1 aromatic carbocycles. The van der Waals surface area contributed by atoms with Gasteiger partial charge in [0.25, 0.3) is 0 Å².